The van der Waals surface area contributed by atoms with Crippen molar-refractivity contribution in [2.24, 2.45) is 0 Å². The van der Waals surface area contributed by atoms with Gasteiger partial charge in [-0.15, -0.1) is 22.7 Å². The zero-order chi connectivity index (χ0) is 13.7. The number of thiophene rings is 1. The third-order valence-corrected chi connectivity index (χ3v) is 4.30. The molecule has 1 unspecified atom stereocenters. The molecule has 2 aromatic rings. The molecule has 102 valence electrons. The summed E-state index contributed by atoms with van der Waals surface area (Å²) in [6.07, 6.45) is -0.735. The second-order valence-corrected chi connectivity index (χ2v) is 5.74. The van der Waals surface area contributed by atoms with Crippen LogP contribution in [-0.2, 0) is 11.2 Å². The number of hydrogen-bond donors (Lipinski definition) is 3. The van der Waals surface area contributed by atoms with E-state index < -0.39 is 6.10 Å². The number of thiazole rings is 1. The molecule has 0 saturated heterocycles. The maximum Gasteiger partial charge on any atom is 0.226 e. The Bertz CT molecular complexity index is 525. The predicted molar refractivity (Wildman–Crippen MR) is 75.2 cm³/mol. The van der Waals surface area contributed by atoms with Gasteiger partial charge in [-0.25, -0.2) is 4.98 Å². The molecule has 1 atom stereocenters. The number of rotatable bonds is 6. The second-order valence-electron chi connectivity index (χ2n) is 3.94. The van der Waals surface area contributed by atoms with Crippen molar-refractivity contribution in [3.63, 3.8) is 0 Å². The number of aromatic nitrogens is 1. The minimum atomic E-state index is -0.916. The largest absolute Gasteiger partial charge is 0.394 e. The highest BCUT2D eigenvalue weighted by atomic mass is 32.1. The van der Waals surface area contributed by atoms with Crippen molar-refractivity contribution >= 4 is 28.6 Å². The van der Waals surface area contributed by atoms with E-state index in [1.165, 1.54) is 11.3 Å². The lowest BCUT2D eigenvalue weighted by atomic mass is 10.3. The maximum atomic E-state index is 11.6. The molecule has 0 fully saturated rings. The van der Waals surface area contributed by atoms with E-state index in [1.807, 2.05) is 22.9 Å². The van der Waals surface area contributed by atoms with Gasteiger partial charge < -0.3 is 15.5 Å². The number of carbonyl (C=O) groups excluding carboxylic acids is 1. The van der Waals surface area contributed by atoms with Crippen LogP contribution in [0, 0.1) is 0 Å². The van der Waals surface area contributed by atoms with E-state index >= 15 is 0 Å². The highest BCUT2D eigenvalue weighted by Crippen LogP contribution is 2.27. The molecule has 0 spiro atoms. The van der Waals surface area contributed by atoms with E-state index in [4.69, 9.17) is 10.2 Å². The number of aliphatic hydroxyl groups excluding tert-OH is 2. The van der Waals surface area contributed by atoms with Crippen molar-refractivity contribution in [1.29, 1.82) is 0 Å². The van der Waals surface area contributed by atoms with E-state index in [9.17, 15) is 4.79 Å². The summed E-state index contributed by atoms with van der Waals surface area (Å²) in [6, 6.07) is 3.95. The fraction of sp³-hybridized carbons (Fsp3) is 0.333. The lowest BCUT2D eigenvalue weighted by Gasteiger charge is -2.07. The Morgan fingerprint density at radius 1 is 1.47 bits per heavy atom. The van der Waals surface area contributed by atoms with Gasteiger partial charge in [0.05, 0.1) is 29.7 Å². The molecule has 0 aliphatic rings. The van der Waals surface area contributed by atoms with E-state index in [1.54, 1.807) is 11.3 Å². The molecule has 1 amide bonds. The van der Waals surface area contributed by atoms with Gasteiger partial charge in [-0.1, -0.05) is 6.07 Å². The minimum absolute atomic E-state index is 0.0528. The highest BCUT2D eigenvalue weighted by molar-refractivity contribution is 7.20. The van der Waals surface area contributed by atoms with Gasteiger partial charge in [0.1, 0.15) is 5.01 Å². The molecule has 7 heteroatoms. The van der Waals surface area contributed by atoms with Crippen LogP contribution in [-0.4, -0.2) is 40.4 Å². The first-order valence-corrected chi connectivity index (χ1v) is 7.49. The first-order chi connectivity index (χ1) is 9.19. The van der Waals surface area contributed by atoms with Crippen LogP contribution in [0.3, 0.4) is 0 Å². The van der Waals surface area contributed by atoms with Crippen LogP contribution in [0.4, 0.5) is 0 Å². The van der Waals surface area contributed by atoms with Crippen LogP contribution in [0.25, 0.3) is 9.88 Å². The van der Waals surface area contributed by atoms with Crippen LogP contribution in [0.15, 0.2) is 22.9 Å². The van der Waals surface area contributed by atoms with Crippen LogP contribution in [0.2, 0.25) is 0 Å². The van der Waals surface area contributed by atoms with Crippen molar-refractivity contribution < 1.29 is 15.0 Å². The van der Waals surface area contributed by atoms with E-state index in [0.29, 0.717) is 5.69 Å². The Morgan fingerprint density at radius 2 is 2.32 bits per heavy atom. The van der Waals surface area contributed by atoms with E-state index in [2.05, 4.69) is 10.3 Å². The molecule has 0 aromatic carbocycles. The zero-order valence-electron chi connectivity index (χ0n) is 10.1. The quantitative estimate of drug-likeness (QED) is 0.739. The molecule has 3 N–H and O–H groups in total. The number of carbonyl (C=O) groups is 1. The molecule has 0 radical (unpaired) electrons. The minimum Gasteiger partial charge on any atom is -0.394 e. The second kappa shape index (κ2) is 6.76. The Labute approximate surface area is 118 Å². The Morgan fingerprint density at radius 3 is 3.00 bits per heavy atom. The van der Waals surface area contributed by atoms with Gasteiger partial charge in [0.25, 0.3) is 0 Å². The summed E-state index contributed by atoms with van der Waals surface area (Å²) in [5.41, 5.74) is 0.712. The summed E-state index contributed by atoms with van der Waals surface area (Å²) in [6.45, 7) is -0.309. The third-order valence-electron chi connectivity index (χ3n) is 2.37. The summed E-state index contributed by atoms with van der Waals surface area (Å²) >= 11 is 3.12. The Hall–Kier alpha value is -1.28. The molecule has 0 aliphatic carbocycles. The standard InChI is InChI=1S/C12H14N2O3S2/c15-6-9(16)5-13-11(17)4-8-7-19-12(14-8)10-2-1-3-18-10/h1-3,7,9,15-16H,4-6H2,(H,13,17). The number of nitrogens with one attached hydrogen (secondary N) is 1. The number of amides is 1. The lowest BCUT2D eigenvalue weighted by molar-refractivity contribution is -0.121. The topological polar surface area (TPSA) is 82.5 Å². The van der Waals surface area contributed by atoms with E-state index in [0.717, 1.165) is 9.88 Å². The van der Waals surface area contributed by atoms with Gasteiger partial charge in [-0.05, 0) is 11.4 Å². The van der Waals surface area contributed by atoms with Gasteiger partial charge in [0, 0.05) is 11.9 Å². The highest BCUT2D eigenvalue weighted by Gasteiger charge is 2.10. The van der Waals surface area contributed by atoms with Gasteiger partial charge in [0.2, 0.25) is 5.91 Å². The molecule has 0 bridgehead atoms. The molecule has 0 aliphatic heterocycles. The van der Waals surface area contributed by atoms with Crippen LogP contribution < -0.4 is 5.32 Å². The van der Waals surface area contributed by atoms with Crippen molar-refractivity contribution in [2.75, 3.05) is 13.2 Å². The Balaban J connectivity index is 1.88. The number of nitrogens with zero attached hydrogens (tertiary/aromatic N) is 1. The smallest absolute Gasteiger partial charge is 0.226 e. The molecular weight excluding hydrogens is 284 g/mol. The molecule has 2 heterocycles. The molecular formula is C12H14N2O3S2. The molecule has 0 saturated carbocycles. The Kier molecular flexibility index (Phi) is 5.03. The number of aliphatic hydroxyl groups is 2. The molecule has 5 nitrogen and oxygen atoms in total. The zero-order valence-corrected chi connectivity index (χ0v) is 11.7. The third kappa shape index (κ3) is 4.10. The van der Waals surface area contributed by atoms with E-state index in [-0.39, 0.29) is 25.5 Å². The SMILES string of the molecule is O=C(Cc1csc(-c2cccs2)n1)NCC(O)CO. The van der Waals surface area contributed by atoms with Gasteiger partial charge in [-0.2, -0.15) is 0 Å². The summed E-state index contributed by atoms with van der Waals surface area (Å²) in [7, 11) is 0. The van der Waals surface area contributed by atoms with Crippen molar-refractivity contribution in [2.45, 2.75) is 12.5 Å². The lowest BCUT2D eigenvalue weighted by Crippen LogP contribution is -2.34. The average molecular weight is 298 g/mol. The van der Waals surface area contributed by atoms with Crippen molar-refractivity contribution in [3.8, 4) is 9.88 Å². The molecule has 19 heavy (non-hydrogen) atoms. The maximum absolute atomic E-state index is 11.6. The van der Waals surface area contributed by atoms with Crippen molar-refractivity contribution in [1.82, 2.24) is 10.3 Å². The van der Waals surface area contributed by atoms with Crippen LogP contribution in [0.1, 0.15) is 5.69 Å². The van der Waals surface area contributed by atoms with Gasteiger partial charge in [0.15, 0.2) is 0 Å². The average Bonchev–Trinajstić information content (AvgIpc) is 3.06. The first kappa shape index (κ1) is 14.1. The molecule has 2 rings (SSSR count). The van der Waals surface area contributed by atoms with Crippen molar-refractivity contribution in [3.05, 3.63) is 28.6 Å². The van der Waals surface area contributed by atoms with Crippen LogP contribution >= 0.6 is 22.7 Å². The summed E-state index contributed by atoms with van der Waals surface area (Å²) in [4.78, 5) is 17.1. The van der Waals surface area contributed by atoms with Gasteiger partial charge in [-0.3, -0.25) is 4.79 Å². The fourth-order valence-electron chi connectivity index (χ4n) is 1.42. The summed E-state index contributed by atoms with van der Waals surface area (Å²) < 4.78 is 0. The normalized spacial score (nSPS) is 12.3. The summed E-state index contributed by atoms with van der Waals surface area (Å²) in [5.74, 6) is -0.212. The van der Waals surface area contributed by atoms with Gasteiger partial charge >= 0.3 is 0 Å². The monoisotopic (exact) mass is 298 g/mol. The number of hydrogen-bond acceptors (Lipinski definition) is 6. The summed E-state index contributed by atoms with van der Waals surface area (Å²) in [5, 5.41) is 25.1. The molecule has 2 aromatic heterocycles. The van der Waals surface area contributed by atoms with Crippen LogP contribution in [0.5, 0.6) is 0 Å². The fourth-order valence-corrected chi connectivity index (χ4v) is 3.06. The first-order valence-electron chi connectivity index (χ1n) is 5.73. The predicted octanol–water partition coefficient (Wildman–Crippen LogP) is 0.883.